The first kappa shape index (κ1) is 15.2. The molecular formula is C12H18N4O2S. The number of ether oxygens (including phenoxy) is 1. The van der Waals surface area contributed by atoms with Crippen molar-refractivity contribution in [3.63, 3.8) is 0 Å². The fraction of sp³-hybridized carbons (Fsp3) is 0.417. The van der Waals surface area contributed by atoms with Crippen LogP contribution < -0.4 is 10.7 Å². The van der Waals surface area contributed by atoms with Crippen LogP contribution in [0, 0.1) is 13.8 Å². The third-order valence-electron chi connectivity index (χ3n) is 2.54. The average Bonchev–Trinajstić information content (AvgIpc) is 2.64. The van der Waals surface area contributed by atoms with Crippen molar-refractivity contribution in [2.45, 2.75) is 20.8 Å². The molecule has 0 amide bonds. The lowest BCUT2D eigenvalue weighted by molar-refractivity contribution is 0.0525. The second kappa shape index (κ2) is 6.89. The molecule has 0 saturated carbocycles. The van der Waals surface area contributed by atoms with E-state index in [1.165, 1.54) is 0 Å². The highest BCUT2D eigenvalue weighted by Crippen LogP contribution is 2.17. The Labute approximate surface area is 117 Å². The van der Waals surface area contributed by atoms with E-state index in [-0.39, 0.29) is 5.97 Å². The van der Waals surface area contributed by atoms with Gasteiger partial charge in [-0.3, -0.25) is 5.43 Å². The number of carbonyl (C=O) groups is 1. The Morgan fingerprint density at radius 2 is 2.21 bits per heavy atom. The number of esters is 1. The van der Waals surface area contributed by atoms with Gasteiger partial charge in [-0.2, -0.15) is 5.10 Å². The van der Waals surface area contributed by atoms with E-state index < -0.39 is 0 Å². The fourth-order valence-electron chi connectivity index (χ4n) is 1.62. The van der Waals surface area contributed by atoms with Crippen molar-refractivity contribution < 1.29 is 9.53 Å². The van der Waals surface area contributed by atoms with E-state index in [0.29, 0.717) is 17.3 Å². The number of hydrogen-bond acceptors (Lipinski definition) is 4. The number of thiocarbonyl (C=S) groups is 1. The molecule has 0 spiro atoms. The molecule has 0 bridgehead atoms. The Hall–Kier alpha value is -1.89. The van der Waals surface area contributed by atoms with E-state index >= 15 is 0 Å². The van der Waals surface area contributed by atoms with Crippen molar-refractivity contribution in [1.29, 1.82) is 0 Å². The first-order valence-corrected chi connectivity index (χ1v) is 6.29. The summed E-state index contributed by atoms with van der Waals surface area (Å²) in [5, 5.41) is 7.13. The van der Waals surface area contributed by atoms with Crippen LogP contribution in [0.1, 0.15) is 34.2 Å². The molecule has 7 heteroatoms. The number of nitrogens with zero attached hydrogens (tertiary/aromatic N) is 1. The molecular weight excluding hydrogens is 264 g/mol. The zero-order chi connectivity index (χ0) is 14.4. The Balaban J connectivity index is 2.90. The van der Waals surface area contributed by atoms with Gasteiger partial charge in [0.2, 0.25) is 0 Å². The number of aryl methyl sites for hydroxylation is 1. The molecule has 104 valence electrons. The van der Waals surface area contributed by atoms with Crippen LogP contribution in [0.2, 0.25) is 0 Å². The largest absolute Gasteiger partial charge is 0.462 e. The molecule has 0 fully saturated rings. The van der Waals surface area contributed by atoms with Crippen molar-refractivity contribution >= 4 is 29.5 Å². The van der Waals surface area contributed by atoms with Gasteiger partial charge in [-0.05, 0) is 38.6 Å². The van der Waals surface area contributed by atoms with Crippen molar-refractivity contribution in [1.82, 2.24) is 15.7 Å². The van der Waals surface area contributed by atoms with Gasteiger partial charge in [-0.15, -0.1) is 0 Å². The summed E-state index contributed by atoms with van der Waals surface area (Å²) >= 11 is 4.89. The molecule has 0 aromatic carbocycles. The van der Waals surface area contributed by atoms with Crippen LogP contribution >= 0.6 is 12.2 Å². The first-order valence-electron chi connectivity index (χ1n) is 5.88. The number of aromatic nitrogens is 1. The zero-order valence-corrected chi connectivity index (χ0v) is 12.3. The molecule has 0 aliphatic heterocycles. The number of rotatable bonds is 4. The lowest BCUT2D eigenvalue weighted by Gasteiger charge is -2.02. The molecule has 0 aliphatic rings. The molecule has 1 rings (SSSR count). The Bertz CT molecular complexity index is 508. The number of nitrogens with one attached hydrogen (secondary N) is 3. The molecule has 0 atom stereocenters. The van der Waals surface area contributed by atoms with Crippen molar-refractivity contribution in [3.8, 4) is 0 Å². The molecule has 3 N–H and O–H groups in total. The summed E-state index contributed by atoms with van der Waals surface area (Å²) in [5.41, 5.74) is 5.50. The number of H-pyrrole nitrogens is 1. The van der Waals surface area contributed by atoms with Crippen LogP contribution in [0.5, 0.6) is 0 Å². The predicted molar refractivity (Wildman–Crippen MR) is 78.6 cm³/mol. The fourth-order valence-corrected chi connectivity index (χ4v) is 1.68. The second-order valence-corrected chi connectivity index (χ2v) is 4.24. The molecule has 0 aliphatic carbocycles. The minimum absolute atomic E-state index is 0.327. The van der Waals surface area contributed by atoms with E-state index in [4.69, 9.17) is 17.0 Å². The molecule has 1 aromatic rings. The monoisotopic (exact) mass is 282 g/mol. The Kier molecular flexibility index (Phi) is 5.50. The van der Waals surface area contributed by atoms with E-state index in [2.05, 4.69) is 20.8 Å². The highest BCUT2D eigenvalue weighted by molar-refractivity contribution is 7.80. The van der Waals surface area contributed by atoms with Gasteiger partial charge < -0.3 is 15.0 Å². The number of hydrazone groups is 1. The zero-order valence-electron chi connectivity index (χ0n) is 11.5. The van der Waals surface area contributed by atoms with Crippen LogP contribution in [0.4, 0.5) is 0 Å². The summed E-state index contributed by atoms with van der Waals surface area (Å²) < 4.78 is 5.01. The highest BCUT2D eigenvalue weighted by atomic mass is 32.1. The van der Waals surface area contributed by atoms with Crippen molar-refractivity contribution in [2.75, 3.05) is 13.7 Å². The van der Waals surface area contributed by atoms with Gasteiger partial charge in [0, 0.05) is 12.7 Å². The van der Waals surface area contributed by atoms with Crippen molar-refractivity contribution in [3.05, 3.63) is 22.5 Å². The minimum Gasteiger partial charge on any atom is -0.462 e. The molecule has 19 heavy (non-hydrogen) atoms. The summed E-state index contributed by atoms with van der Waals surface area (Å²) in [5.74, 6) is -0.327. The molecule has 0 unspecified atom stereocenters. The highest BCUT2D eigenvalue weighted by Gasteiger charge is 2.18. The van der Waals surface area contributed by atoms with Gasteiger partial charge >= 0.3 is 5.97 Å². The van der Waals surface area contributed by atoms with Gasteiger partial charge in [0.15, 0.2) is 5.11 Å². The summed E-state index contributed by atoms with van der Waals surface area (Å²) in [7, 11) is 1.70. The summed E-state index contributed by atoms with van der Waals surface area (Å²) in [4.78, 5) is 14.9. The third kappa shape index (κ3) is 3.78. The quantitative estimate of drug-likeness (QED) is 0.335. The molecule has 0 saturated heterocycles. The summed E-state index contributed by atoms with van der Waals surface area (Å²) in [6.07, 6.45) is 1.58. The number of hydrogen-bond donors (Lipinski definition) is 3. The number of carbonyl (C=O) groups excluding carboxylic acids is 1. The topological polar surface area (TPSA) is 78.5 Å². The van der Waals surface area contributed by atoms with Gasteiger partial charge in [-0.25, -0.2) is 4.79 Å². The minimum atomic E-state index is -0.327. The van der Waals surface area contributed by atoms with Gasteiger partial charge in [-0.1, -0.05) is 0 Å². The first-order chi connectivity index (χ1) is 9.01. The summed E-state index contributed by atoms with van der Waals surface area (Å²) in [6, 6.07) is 0. The van der Waals surface area contributed by atoms with E-state index in [1.54, 1.807) is 20.2 Å². The van der Waals surface area contributed by atoms with Gasteiger partial charge in [0.05, 0.1) is 24.1 Å². The molecule has 1 heterocycles. The normalized spacial score (nSPS) is 10.5. The van der Waals surface area contributed by atoms with Gasteiger partial charge in [0.1, 0.15) is 0 Å². The number of aromatic amines is 1. The maximum Gasteiger partial charge on any atom is 0.340 e. The second-order valence-electron chi connectivity index (χ2n) is 3.83. The van der Waals surface area contributed by atoms with Crippen LogP contribution in [-0.2, 0) is 4.74 Å². The standard InChI is InChI=1S/C12H18N4O2S/c1-5-18-11(17)10-7(2)9(15-8(10)3)6-14-16-12(19)13-4/h6,15H,5H2,1-4H3,(H2,13,16,19)/b14-6+. The SMILES string of the molecule is CCOC(=O)c1c(C)[nH]c(/C=N/NC(=S)NC)c1C. The Morgan fingerprint density at radius 3 is 2.79 bits per heavy atom. The lowest BCUT2D eigenvalue weighted by Crippen LogP contribution is -2.28. The third-order valence-corrected chi connectivity index (χ3v) is 2.84. The van der Waals surface area contributed by atoms with Crippen LogP contribution in [0.15, 0.2) is 5.10 Å². The maximum absolute atomic E-state index is 11.8. The van der Waals surface area contributed by atoms with Gasteiger partial charge in [0.25, 0.3) is 0 Å². The van der Waals surface area contributed by atoms with E-state index in [1.807, 2.05) is 13.8 Å². The lowest BCUT2D eigenvalue weighted by atomic mass is 10.1. The van der Waals surface area contributed by atoms with Crippen LogP contribution in [-0.4, -0.2) is 35.9 Å². The van der Waals surface area contributed by atoms with E-state index in [0.717, 1.165) is 17.0 Å². The smallest absolute Gasteiger partial charge is 0.340 e. The van der Waals surface area contributed by atoms with E-state index in [9.17, 15) is 4.79 Å². The molecule has 6 nitrogen and oxygen atoms in total. The summed E-state index contributed by atoms with van der Waals surface area (Å²) in [6.45, 7) is 5.79. The maximum atomic E-state index is 11.8. The van der Waals surface area contributed by atoms with Crippen LogP contribution in [0.3, 0.4) is 0 Å². The van der Waals surface area contributed by atoms with Crippen molar-refractivity contribution in [2.24, 2.45) is 5.10 Å². The Morgan fingerprint density at radius 1 is 1.53 bits per heavy atom. The molecule has 1 aromatic heterocycles. The average molecular weight is 282 g/mol. The van der Waals surface area contributed by atoms with Crippen LogP contribution in [0.25, 0.3) is 0 Å². The molecule has 0 radical (unpaired) electrons. The predicted octanol–water partition coefficient (Wildman–Crippen LogP) is 1.24.